The molecule has 0 bridgehead atoms. The second kappa shape index (κ2) is 9.45. The van der Waals surface area contributed by atoms with E-state index in [0.717, 1.165) is 0 Å². The molecule has 0 aliphatic carbocycles. The normalized spacial score (nSPS) is 9.50. The van der Waals surface area contributed by atoms with E-state index in [4.69, 9.17) is 0 Å². The van der Waals surface area contributed by atoms with Crippen LogP contribution in [0.1, 0.15) is 66.0 Å². The van der Waals surface area contributed by atoms with Crippen molar-refractivity contribution >= 4 is 0 Å². The maximum Gasteiger partial charge on any atom is -0.0132 e. The van der Waals surface area contributed by atoms with Gasteiger partial charge in [0, 0.05) is 0 Å². The Labute approximate surface area is 103 Å². The van der Waals surface area contributed by atoms with Gasteiger partial charge in [-0.3, -0.25) is 0 Å². The van der Waals surface area contributed by atoms with E-state index in [9.17, 15) is 0 Å². The van der Waals surface area contributed by atoms with Crippen LogP contribution < -0.4 is 0 Å². The topological polar surface area (TPSA) is 0 Å². The minimum absolute atomic E-state index is 0.284. The highest BCUT2D eigenvalue weighted by atomic mass is 14.2. The summed E-state index contributed by atoms with van der Waals surface area (Å²) in [5.41, 5.74) is 3.04. The fraction of sp³-hybridized carbons (Fsp3) is 0.625. The van der Waals surface area contributed by atoms with Crippen molar-refractivity contribution < 1.29 is 0 Å². The Hall–Kier alpha value is -0.780. The highest BCUT2D eigenvalue weighted by Gasteiger charge is 2.12. The van der Waals surface area contributed by atoms with Gasteiger partial charge in [-0.05, 0) is 17.9 Å². The zero-order valence-electron chi connectivity index (χ0n) is 12.5. The number of hydrogen-bond acceptors (Lipinski definition) is 0. The molecule has 1 aromatic carbocycles. The van der Waals surface area contributed by atoms with Crippen LogP contribution in [0.4, 0.5) is 0 Å². The molecule has 0 radical (unpaired) electrons. The molecule has 0 heterocycles. The number of benzene rings is 1. The quantitative estimate of drug-likeness (QED) is 0.525. The Morgan fingerprint density at radius 2 is 1.44 bits per heavy atom. The molecule has 1 aromatic rings. The van der Waals surface area contributed by atoms with Gasteiger partial charge in [0.1, 0.15) is 0 Å². The first-order valence-electron chi connectivity index (χ1n) is 6.49. The molecule has 0 N–H and O–H groups in total. The Balaban J connectivity index is 0. The molecule has 0 fully saturated rings. The highest BCUT2D eigenvalue weighted by molar-refractivity contribution is 5.27. The first-order chi connectivity index (χ1) is 7.41. The molecule has 94 valence electrons. The summed E-state index contributed by atoms with van der Waals surface area (Å²) in [6.07, 6.45) is 1.25. The van der Waals surface area contributed by atoms with Gasteiger partial charge in [0.05, 0.1) is 0 Å². The SMILES string of the molecule is CC.CCC.Cc1cccc(C(C)(C)C)c1. The van der Waals surface area contributed by atoms with Crippen LogP contribution in [0.3, 0.4) is 0 Å². The summed E-state index contributed by atoms with van der Waals surface area (Å²) in [7, 11) is 0. The molecule has 0 nitrogen and oxygen atoms in total. The zero-order chi connectivity index (χ0) is 13.2. The molecule has 16 heavy (non-hydrogen) atoms. The molecule has 0 saturated heterocycles. The first-order valence-corrected chi connectivity index (χ1v) is 6.49. The molecule has 1 rings (SSSR count). The molecular weight excluding hydrogens is 192 g/mol. The van der Waals surface area contributed by atoms with Crippen molar-refractivity contribution in [1.82, 2.24) is 0 Å². The van der Waals surface area contributed by atoms with Crippen LogP contribution >= 0.6 is 0 Å². The van der Waals surface area contributed by atoms with E-state index >= 15 is 0 Å². The second-order valence-electron chi connectivity index (χ2n) is 4.83. The first kappa shape index (κ1) is 17.6. The van der Waals surface area contributed by atoms with Crippen LogP contribution in [0, 0.1) is 6.92 Å². The van der Waals surface area contributed by atoms with Crippen molar-refractivity contribution in [3.63, 3.8) is 0 Å². The third kappa shape index (κ3) is 8.52. The fourth-order valence-corrected chi connectivity index (χ4v) is 1.11. The Morgan fingerprint density at radius 3 is 1.69 bits per heavy atom. The summed E-state index contributed by atoms with van der Waals surface area (Å²) in [5, 5.41) is 0. The predicted octanol–water partition coefficient (Wildman–Crippen LogP) is 5.74. The standard InChI is InChI=1S/C11H16.C3H8.C2H6/c1-9-6-5-7-10(8-9)11(2,3)4;1-3-2;1-2/h5-8H,1-4H3;3H2,1-2H3;1-2H3. The van der Waals surface area contributed by atoms with E-state index in [-0.39, 0.29) is 5.41 Å². The Bertz CT molecular complexity index is 253. The molecule has 0 aromatic heterocycles. The summed E-state index contributed by atoms with van der Waals surface area (Å²) < 4.78 is 0. The van der Waals surface area contributed by atoms with E-state index in [2.05, 4.69) is 65.8 Å². The van der Waals surface area contributed by atoms with Gasteiger partial charge in [0.15, 0.2) is 0 Å². The maximum atomic E-state index is 2.25. The predicted molar refractivity (Wildman–Crippen MR) is 77.2 cm³/mol. The molecule has 0 atom stereocenters. The van der Waals surface area contributed by atoms with Gasteiger partial charge in [-0.25, -0.2) is 0 Å². The molecule has 0 saturated carbocycles. The van der Waals surface area contributed by atoms with E-state index in [1.807, 2.05) is 13.8 Å². The van der Waals surface area contributed by atoms with E-state index in [0.29, 0.717) is 0 Å². The van der Waals surface area contributed by atoms with Crippen molar-refractivity contribution in [2.24, 2.45) is 0 Å². The minimum Gasteiger partial charge on any atom is -0.0683 e. The summed E-state index contributed by atoms with van der Waals surface area (Å²) in [6, 6.07) is 8.69. The minimum atomic E-state index is 0.284. The third-order valence-corrected chi connectivity index (χ3v) is 1.88. The lowest BCUT2D eigenvalue weighted by atomic mass is 9.86. The number of aryl methyl sites for hydroxylation is 1. The second-order valence-corrected chi connectivity index (χ2v) is 4.83. The molecule has 0 spiro atoms. The molecular formula is C16H30. The van der Waals surface area contributed by atoms with E-state index in [1.165, 1.54) is 17.5 Å². The van der Waals surface area contributed by atoms with Crippen LogP contribution in [0.15, 0.2) is 24.3 Å². The molecule has 0 amide bonds. The summed E-state index contributed by atoms with van der Waals surface area (Å²) >= 11 is 0. The Kier molecular flexibility index (Phi) is 10.4. The molecule has 0 heteroatoms. The van der Waals surface area contributed by atoms with Crippen molar-refractivity contribution in [1.29, 1.82) is 0 Å². The van der Waals surface area contributed by atoms with Gasteiger partial charge in [-0.2, -0.15) is 0 Å². The average molecular weight is 222 g/mol. The van der Waals surface area contributed by atoms with Gasteiger partial charge in [0.2, 0.25) is 0 Å². The van der Waals surface area contributed by atoms with Crippen molar-refractivity contribution in [3.05, 3.63) is 35.4 Å². The smallest absolute Gasteiger partial charge is 0.0132 e. The van der Waals surface area contributed by atoms with Gasteiger partial charge >= 0.3 is 0 Å². The molecule has 0 aliphatic heterocycles. The third-order valence-electron chi connectivity index (χ3n) is 1.88. The number of hydrogen-bond donors (Lipinski definition) is 0. The van der Waals surface area contributed by atoms with Crippen molar-refractivity contribution in [2.45, 2.75) is 67.2 Å². The van der Waals surface area contributed by atoms with Crippen LogP contribution in [0.2, 0.25) is 0 Å². The summed E-state index contributed by atoms with van der Waals surface area (Å²) in [6.45, 7) is 17.1. The van der Waals surface area contributed by atoms with Crippen LogP contribution in [-0.4, -0.2) is 0 Å². The fourth-order valence-electron chi connectivity index (χ4n) is 1.11. The van der Waals surface area contributed by atoms with Gasteiger partial charge in [-0.1, -0.05) is 84.7 Å². The molecule has 0 unspecified atom stereocenters. The zero-order valence-corrected chi connectivity index (χ0v) is 12.5. The lowest BCUT2D eigenvalue weighted by Crippen LogP contribution is -2.10. The van der Waals surface area contributed by atoms with Crippen LogP contribution in [0.25, 0.3) is 0 Å². The summed E-state index contributed by atoms with van der Waals surface area (Å²) in [5.74, 6) is 0. The van der Waals surface area contributed by atoms with E-state index < -0.39 is 0 Å². The maximum absolute atomic E-state index is 2.25. The lowest BCUT2D eigenvalue weighted by molar-refractivity contribution is 0.590. The van der Waals surface area contributed by atoms with Crippen molar-refractivity contribution in [3.8, 4) is 0 Å². The monoisotopic (exact) mass is 222 g/mol. The van der Waals surface area contributed by atoms with Crippen LogP contribution in [0.5, 0.6) is 0 Å². The van der Waals surface area contributed by atoms with E-state index in [1.54, 1.807) is 0 Å². The van der Waals surface area contributed by atoms with Gasteiger partial charge in [0.25, 0.3) is 0 Å². The molecule has 0 aliphatic rings. The van der Waals surface area contributed by atoms with Crippen LogP contribution in [-0.2, 0) is 5.41 Å². The lowest BCUT2D eigenvalue weighted by Gasteiger charge is -2.19. The number of rotatable bonds is 0. The van der Waals surface area contributed by atoms with Gasteiger partial charge < -0.3 is 0 Å². The summed E-state index contributed by atoms with van der Waals surface area (Å²) in [4.78, 5) is 0. The largest absolute Gasteiger partial charge is 0.0683 e. The van der Waals surface area contributed by atoms with Gasteiger partial charge in [-0.15, -0.1) is 0 Å². The Morgan fingerprint density at radius 1 is 1.00 bits per heavy atom. The average Bonchev–Trinajstić information content (AvgIpc) is 2.21. The van der Waals surface area contributed by atoms with Crippen molar-refractivity contribution in [2.75, 3.05) is 0 Å². The highest BCUT2D eigenvalue weighted by Crippen LogP contribution is 2.22.